The zero-order valence-corrected chi connectivity index (χ0v) is 11.7. The van der Waals surface area contributed by atoms with Gasteiger partial charge in [-0.1, -0.05) is 67.2 Å². The van der Waals surface area contributed by atoms with Crippen LogP contribution < -0.4 is 0 Å². The Balaban J connectivity index is 1.84. The number of carbonyl (C=O) groups excluding carboxylic acids is 1. The molecule has 0 fully saturated rings. The summed E-state index contributed by atoms with van der Waals surface area (Å²) in [6.07, 6.45) is -1.03. The number of hydrogen-bond acceptors (Lipinski definition) is 3. The first-order chi connectivity index (χ1) is 10.2. The molecule has 2 aromatic rings. The van der Waals surface area contributed by atoms with Crippen molar-refractivity contribution < 1.29 is 14.6 Å². The summed E-state index contributed by atoms with van der Waals surface area (Å²) in [5.74, 6) is -0.629. The molecule has 0 saturated heterocycles. The quantitative estimate of drug-likeness (QED) is 0.828. The molecule has 0 amide bonds. The Morgan fingerprint density at radius 3 is 2.24 bits per heavy atom. The van der Waals surface area contributed by atoms with E-state index in [-0.39, 0.29) is 13.0 Å². The van der Waals surface area contributed by atoms with Crippen LogP contribution in [-0.4, -0.2) is 17.2 Å². The first kappa shape index (κ1) is 15.0. The lowest BCUT2D eigenvalue weighted by atomic mass is 10.0. The highest BCUT2D eigenvalue weighted by molar-refractivity contribution is 5.78. The summed E-state index contributed by atoms with van der Waals surface area (Å²) in [5.41, 5.74) is 2.51. The molecule has 1 N–H and O–H groups in total. The van der Waals surface area contributed by atoms with Gasteiger partial charge < -0.3 is 9.84 Å². The average molecular weight is 282 g/mol. The van der Waals surface area contributed by atoms with Crippen LogP contribution in [0.4, 0.5) is 0 Å². The summed E-state index contributed by atoms with van der Waals surface area (Å²) in [6, 6.07) is 18.8. The van der Waals surface area contributed by atoms with Crippen molar-refractivity contribution >= 4 is 11.5 Å². The molecule has 0 saturated carbocycles. The van der Waals surface area contributed by atoms with Gasteiger partial charge in [0, 0.05) is 6.42 Å². The van der Waals surface area contributed by atoms with E-state index >= 15 is 0 Å². The van der Waals surface area contributed by atoms with E-state index in [0.29, 0.717) is 5.57 Å². The molecule has 0 heterocycles. The second kappa shape index (κ2) is 7.41. The average Bonchev–Trinajstić information content (AvgIpc) is 2.54. The number of hydrogen-bond donors (Lipinski definition) is 1. The van der Waals surface area contributed by atoms with Crippen molar-refractivity contribution in [2.75, 3.05) is 0 Å². The van der Waals surface area contributed by atoms with Gasteiger partial charge in [-0.15, -0.1) is 0 Å². The van der Waals surface area contributed by atoms with Crippen LogP contribution in [0.5, 0.6) is 0 Å². The summed E-state index contributed by atoms with van der Waals surface area (Å²) >= 11 is 0. The Morgan fingerprint density at radius 2 is 1.62 bits per heavy atom. The van der Waals surface area contributed by atoms with Crippen LogP contribution in [0, 0.1) is 0 Å². The molecular formula is C18H18O3. The van der Waals surface area contributed by atoms with Crippen LogP contribution in [-0.2, 0) is 16.1 Å². The van der Waals surface area contributed by atoms with Gasteiger partial charge in [-0.25, -0.2) is 4.79 Å². The van der Waals surface area contributed by atoms with Crippen molar-refractivity contribution in [3.8, 4) is 0 Å². The molecule has 0 aliphatic heterocycles. The maximum absolute atomic E-state index is 11.8. The molecule has 2 rings (SSSR count). The molecule has 0 aliphatic carbocycles. The predicted octanol–water partition coefficient (Wildman–Crippen LogP) is 3.19. The third kappa shape index (κ3) is 4.58. The molecule has 0 radical (unpaired) electrons. The molecule has 0 aliphatic rings. The minimum atomic E-state index is -1.19. The van der Waals surface area contributed by atoms with E-state index in [1.807, 2.05) is 60.7 Å². The van der Waals surface area contributed by atoms with Crippen LogP contribution >= 0.6 is 0 Å². The third-order valence-electron chi connectivity index (χ3n) is 3.12. The van der Waals surface area contributed by atoms with Crippen LogP contribution in [0.25, 0.3) is 5.57 Å². The number of aliphatic hydroxyl groups excluding tert-OH is 1. The van der Waals surface area contributed by atoms with Crippen molar-refractivity contribution in [3.63, 3.8) is 0 Å². The molecule has 3 nitrogen and oxygen atoms in total. The number of carbonyl (C=O) groups is 1. The highest BCUT2D eigenvalue weighted by Gasteiger charge is 2.18. The van der Waals surface area contributed by atoms with Gasteiger partial charge in [0.15, 0.2) is 6.10 Å². The highest BCUT2D eigenvalue weighted by Crippen LogP contribution is 2.18. The Morgan fingerprint density at radius 1 is 1.05 bits per heavy atom. The van der Waals surface area contributed by atoms with Gasteiger partial charge in [-0.3, -0.25) is 0 Å². The third-order valence-corrected chi connectivity index (χ3v) is 3.12. The van der Waals surface area contributed by atoms with Gasteiger partial charge in [0.2, 0.25) is 0 Å². The van der Waals surface area contributed by atoms with Gasteiger partial charge in [0.25, 0.3) is 0 Å². The van der Waals surface area contributed by atoms with Gasteiger partial charge in [-0.2, -0.15) is 0 Å². The first-order valence-electron chi connectivity index (χ1n) is 6.78. The number of esters is 1. The summed E-state index contributed by atoms with van der Waals surface area (Å²) in [4.78, 5) is 11.8. The molecule has 0 spiro atoms. The molecule has 3 heteroatoms. The molecule has 0 aromatic heterocycles. The standard InChI is InChI=1S/C18H18O3/c1-14(16-10-6-3-7-11-16)12-17(19)18(20)21-13-15-8-4-2-5-9-15/h2-11,17,19H,1,12-13H2/t17-/m1/s1. The van der Waals surface area contributed by atoms with E-state index in [2.05, 4.69) is 6.58 Å². The summed E-state index contributed by atoms with van der Waals surface area (Å²) in [6.45, 7) is 4.06. The predicted molar refractivity (Wildman–Crippen MR) is 82.3 cm³/mol. The fourth-order valence-electron chi connectivity index (χ4n) is 1.93. The smallest absolute Gasteiger partial charge is 0.335 e. The summed E-state index contributed by atoms with van der Waals surface area (Å²) in [5, 5.41) is 9.89. The first-order valence-corrected chi connectivity index (χ1v) is 6.78. The lowest BCUT2D eigenvalue weighted by Gasteiger charge is -2.12. The largest absolute Gasteiger partial charge is 0.459 e. The Bertz CT molecular complexity index is 590. The van der Waals surface area contributed by atoms with Crippen LogP contribution in [0.3, 0.4) is 0 Å². The maximum Gasteiger partial charge on any atom is 0.335 e. The van der Waals surface area contributed by atoms with E-state index < -0.39 is 12.1 Å². The van der Waals surface area contributed by atoms with E-state index in [1.54, 1.807) is 0 Å². The van der Waals surface area contributed by atoms with Gasteiger partial charge in [-0.05, 0) is 16.7 Å². The lowest BCUT2D eigenvalue weighted by molar-refractivity contribution is -0.154. The van der Waals surface area contributed by atoms with Crippen LogP contribution in [0.2, 0.25) is 0 Å². The SMILES string of the molecule is C=C(C[C@@H](O)C(=O)OCc1ccccc1)c1ccccc1. The van der Waals surface area contributed by atoms with Crippen LogP contribution in [0.15, 0.2) is 67.2 Å². The van der Waals surface area contributed by atoms with Crippen molar-refractivity contribution in [2.45, 2.75) is 19.1 Å². The molecule has 108 valence electrons. The Labute approximate surface area is 124 Å². The topological polar surface area (TPSA) is 46.5 Å². The molecule has 21 heavy (non-hydrogen) atoms. The zero-order valence-electron chi connectivity index (χ0n) is 11.7. The molecule has 1 atom stereocenters. The van der Waals surface area contributed by atoms with E-state index in [0.717, 1.165) is 11.1 Å². The second-order valence-electron chi connectivity index (χ2n) is 4.78. The number of benzene rings is 2. The van der Waals surface area contributed by atoms with Gasteiger partial charge in [0.1, 0.15) is 6.61 Å². The van der Waals surface area contributed by atoms with Crippen molar-refractivity contribution in [1.82, 2.24) is 0 Å². The van der Waals surface area contributed by atoms with E-state index in [4.69, 9.17) is 4.74 Å². The number of aliphatic hydroxyl groups is 1. The fourth-order valence-corrected chi connectivity index (χ4v) is 1.93. The van der Waals surface area contributed by atoms with E-state index in [9.17, 15) is 9.90 Å². The second-order valence-corrected chi connectivity index (χ2v) is 4.78. The summed E-state index contributed by atoms with van der Waals surface area (Å²) < 4.78 is 5.10. The van der Waals surface area contributed by atoms with Gasteiger partial charge in [0.05, 0.1) is 0 Å². The maximum atomic E-state index is 11.8. The lowest BCUT2D eigenvalue weighted by Crippen LogP contribution is -2.23. The Kier molecular flexibility index (Phi) is 5.29. The monoisotopic (exact) mass is 282 g/mol. The zero-order chi connectivity index (χ0) is 15.1. The molecule has 2 aromatic carbocycles. The molecular weight excluding hydrogens is 264 g/mol. The Hall–Kier alpha value is -2.39. The molecule has 0 unspecified atom stereocenters. The fraction of sp³-hybridized carbons (Fsp3) is 0.167. The van der Waals surface area contributed by atoms with Crippen molar-refractivity contribution in [2.24, 2.45) is 0 Å². The van der Waals surface area contributed by atoms with Crippen molar-refractivity contribution in [1.29, 1.82) is 0 Å². The number of ether oxygens (including phenoxy) is 1. The summed E-state index contributed by atoms with van der Waals surface area (Å²) in [7, 11) is 0. The highest BCUT2D eigenvalue weighted by atomic mass is 16.5. The normalized spacial score (nSPS) is 11.7. The minimum absolute atomic E-state index is 0.161. The van der Waals surface area contributed by atoms with Gasteiger partial charge >= 0.3 is 5.97 Å². The van der Waals surface area contributed by atoms with E-state index in [1.165, 1.54) is 0 Å². The number of rotatable bonds is 6. The van der Waals surface area contributed by atoms with Crippen molar-refractivity contribution in [3.05, 3.63) is 78.4 Å². The minimum Gasteiger partial charge on any atom is -0.459 e. The van der Waals surface area contributed by atoms with Crippen LogP contribution in [0.1, 0.15) is 17.5 Å². The molecule has 0 bridgehead atoms.